The van der Waals surface area contributed by atoms with E-state index in [2.05, 4.69) is 20.0 Å². The minimum Gasteiger partial charge on any atom is -0.408 e. The first kappa shape index (κ1) is 16.9. The zero-order valence-electron chi connectivity index (χ0n) is 13.1. The van der Waals surface area contributed by atoms with Crippen LogP contribution in [0.25, 0.3) is 11.1 Å². The summed E-state index contributed by atoms with van der Waals surface area (Å²) in [6.45, 7) is -0.0135. The molecule has 0 radical (unpaired) electrons. The molecule has 25 heavy (non-hydrogen) atoms. The highest BCUT2D eigenvalue weighted by atomic mass is 32.2. The molecule has 0 unspecified atom stereocenters. The number of sulfonamides is 1. The molecule has 0 fully saturated rings. The summed E-state index contributed by atoms with van der Waals surface area (Å²) in [4.78, 5) is 30.0. The molecule has 9 nitrogen and oxygen atoms in total. The number of carbonyl (C=O) groups excluding carboxylic acids is 1. The first-order valence-corrected chi connectivity index (χ1v) is 9.03. The number of amides is 1. The van der Waals surface area contributed by atoms with Gasteiger partial charge in [-0.2, -0.15) is 0 Å². The summed E-state index contributed by atoms with van der Waals surface area (Å²) in [7, 11) is -3.35. The number of benzene rings is 1. The van der Waals surface area contributed by atoms with E-state index in [0.717, 1.165) is 6.26 Å². The molecule has 10 heteroatoms. The first-order chi connectivity index (χ1) is 11.8. The van der Waals surface area contributed by atoms with Crippen molar-refractivity contribution in [3.8, 4) is 0 Å². The molecule has 0 aliphatic carbocycles. The SMILES string of the molecule is CS(=O)(=O)NCc1cc(C(=O)Nc2ccc3[nH]c(=O)oc3c2)ccn1. The lowest BCUT2D eigenvalue weighted by molar-refractivity contribution is 0.102. The van der Waals surface area contributed by atoms with Crippen molar-refractivity contribution in [3.63, 3.8) is 0 Å². The second-order valence-electron chi connectivity index (χ2n) is 5.31. The number of anilines is 1. The maximum Gasteiger partial charge on any atom is 0.417 e. The Morgan fingerprint density at radius 2 is 2.08 bits per heavy atom. The Bertz CT molecular complexity index is 1100. The third-order valence-corrected chi connectivity index (χ3v) is 3.94. The van der Waals surface area contributed by atoms with Crippen LogP contribution in [0.2, 0.25) is 0 Å². The molecule has 0 atom stereocenters. The third-order valence-electron chi connectivity index (χ3n) is 3.27. The topological polar surface area (TPSA) is 134 Å². The van der Waals surface area contributed by atoms with Gasteiger partial charge >= 0.3 is 5.76 Å². The van der Waals surface area contributed by atoms with Gasteiger partial charge in [0, 0.05) is 23.5 Å². The van der Waals surface area contributed by atoms with Gasteiger partial charge in [-0.05, 0) is 24.3 Å². The van der Waals surface area contributed by atoms with Crippen LogP contribution in [0.15, 0.2) is 45.7 Å². The summed E-state index contributed by atoms with van der Waals surface area (Å²) in [5, 5.41) is 2.68. The molecule has 3 N–H and O–H groups in total. The quantitative estimate of drug-likeness (QED) is 0.615. The van der Waals surface area contributed by atoms with Crippen molar-refractivity contribution in [1.82, 2.24) is 14.7 Å². The van der Waals surface area contributed by atoms with Gasteiger partial charge in [-0.1, -0.05) is 0 Å². The number of H-pyrrole nitrogens is 1. The lowest BCUT2D eigenvalue weighted by Crippen LogP contribution is -2.22. The lowest BCUT2D eigenvalue weighted by atomic mass is 10.2. The van der Waals surface area contributed by atoms with Crippen LogP contribution < -0.4 is 15.8 Å². The van der Waals surface area contributed by atoms with Crippen molar-refractivity contribution in [1.29, 1.82) is 0 Å². The van der Waals surface area contributed by atoms with E-state index in [4.69, 9.17) is 4.42 Å². The Hall–Kier alpha value is -2.98. The Balaban J connectivity index is 1.76. The minimum atomic E-state index is -3.35. The summed E-state index contributed by atoms with van der Waals surface area (Å²) in [5.41, 5.74) is 2.03. The molecule has 0 saturated carbocycles. The van der Waals surface area contributed by atoms with Gasteiger partial charge in [0.25, 0.3) is 5.91 Å². The van der Waals surface area contributed by atoms with Gasteiger partial charge in [-0.3, -0.25) is 14.8 Å². The van der Waals surface area contributed by atoms with Crippen LogP contribution in [-0.2, 0) is 16.6 Å². The number of aromatic nitrogens is 2. The zero-order chi connectivity index (χ0) is 18.0. The summed E-state index contributed by atoms with van der Waals surface area (Å²) in [6.07, 6.45) is 2.46. The smallest absolute Gasteiger partial charge is 0.408 e. The van der Waals surface area contributed by atoms with Crippen molar-refractivity contribution in [3.05, 3.63) is 58.3 Å². The van der Waals surface area contributed by atoms with Crippen LogP contribution >= 0.6 is 0 Å². The van der Waals surface area contributed by atoms with Gasteiger partial charge < -0.3 is 9.73 Å². The number of fused-ring (bicyclic) bond motifs is 1. The Morgan fingerprint density at radius 1 is 1.28 bits per heavy atom. The molecule has 2 heterocycles. The van der Waals surface area contributed by atoms with Crippen LogP contribution in [0.3, 0.4) is 0 Å². The van der Waals surface area contributed by atoms with E-state index in [1.807, 2.05) is 0 Å². The van der Waals surface area contributed by atoms with Crippen molar-refractivity contribution in [2.24, 2.45) is 0 Å². The number of aromatic amines is 1. The minimum absolute atomic E-state index is 0.0135. The molecule has 1 amide bonds. The summed E-state index contributed by atoms with van der Waals surface area (Å²) in [6, 6.07) is 7.76. The van der Waals surface area contributed by atoms with Crippen LogP contribution in [0.4, 0.5) is 5.69 Å². The van der Waals surface area contributed by atoms with Crippen LogP contribution in [0, 0.1) is 0 Å². The van der Waals surface area contributed by atoms with E-state index < -0.39 is 21.7 Å². The molecule has 3 rings (SSSR count). The highest BCUT2D eigenvalue weighted by Gasteiger charge is 2.10. The van der Waals surface area contributed by atoms with Crippen LogP contribution in [0.1, 0.15) is 16.1 Å². The second-order valence-corrected chi connectivity index (χ2v) is 7.14. The van der Waals surface area contributed by atoms with Crippen molar-refractivity contribution in [2.45, 2.75) is 6.54 Å². The average molecular weight is 362 g/mol. The molecule has 2 aromatic heterocycles. The predicted molar refractivity (Wildman–Crippen MR) is 90.7 cm³/mol. The van der Waals surface area contributed by atoms with Gasteiger partial charge in [0.05, 0.1) is 24.0 Å². The van der Waals surface area contributed by atoms with Gasteiger partial charge in [-0.25, -0.2) is 17.9 Å². The fourth-order valence-electron chi connectivity index (χ4n) is 2.15. The van der Waals surface area contributed by atoms with Gasteiger partial charge in [0.15, 0.2) is 5.58 Å². The largest absolute Gasteiger partial charge is 0.417 e. The molecule has 0 saturated heterocycles. The summed E-state index contributed by atoms with van der Waals surface area (Å²) >= 11 is 0. The molecule has 0 spiro atoms. The molecule has 3 aromatic rings. The number of hydrogen-bond acceptors (Lipinski definition) is 6. The number of rotatable bonds is 5. The second kappa shape index (κ2) is 6.49. The monoisotopic (exact) mass is 362 g/mol. The van der Waals surface area contributed by atoms with E-state index in [1.165, 1.54) is 24.4 Å². The van der Waals surface area contributed by atoms with Crippen LogP contribution in [0.5, 0.6) is 0 Å². The fourth-order valence-corrected chi connectivity index (χ4v) is 2.56. The van der Waals surface area contributed by atoms with E-state index in [-0.39, 0.29) is 6.54 Å². The fraction of sp³-hybridized carbons (Fsp3) is 0.133. The maximum absolute atomic E-state index is 12.3. The predicted octanol–water partition coefficient (Wildman–Crippen LogP) is 0.818. The average Bonchev–Trinajstić information content (AvgIpc) is 2.92. The molecule has 130 valence electrons. The Labute approximate surface area is 142 Å². The van der Waals surface area contributed by atoms with Crippen molar-refractivity contribution >= 4 is 32.7 Å². The van der Waals surface area contributed by atoms with Crippen molar-refractivity contribution in [2.75, 3.05) is 11.6 Å². The molecular formula is C15H14N4O5S. The maximum atomic E-state index is 12.3. The van der Waals surface area contributed by atoms with Gasteiger partial charge in [0.1, 0.15) is 0 Å². The summed E-state index contributed by atoms with van der Waals surface area (Å²) < 4.78 is 29.5. The molecule has 0 bridgehead atoms. The van der Waals surface area contributed by atoms with Crippen LogP contribution in [-0.4, -0.2) is 30.5 Å². The number of pyridine rings is 1. The number of nitrogens with one attached hydrogen (secondary N) is 3. The van der Waals surface area contributed by atoms with E-state index in [0.29, 0.717) is 28.0 Å². The highest BCUT2D eigenvalue weighted by molar-refractivity contribution is 7.88. The van der Waals surface area contributed by atoms with Gasteiger partial charge in [0.2, 0.25) is 10.0 Å². The first-order valence-electron chi connectivity index (χ1n) is 7.14. The Kier molecular flexibility index (Phi) is 4.38. The van der Waals surface area contributed by atoms with E-state index in [1.54, 1.807) is 12.1 Å². The van der Waals surface area contributed by atoms with Crippen molar-refractivity contribution < 1.29 is 17.6 Å². The lowest BCUT2D eigenvalue weighted by Gasteiger charge is -2.07. The highest BCUT2D eigenvalue weighted by Crippen LogP contribution is 2.17. The zero-order valence-corrected chi connectivity index (χ0v) is 13.9. The molecular weight excluding hydrogens is 348 g/mol. The number of oxazole rings is 1. The number of hydrogen-bond donors (Lipinski definition) is 3. The Morgan fingerprint density at radius 3 is 2.84 bits per heavy atom. The van der Waals surface area contributed by atoms with E-state index >= 15 is 0 Å². The molecule has 1 aromatic carbocycles. The standard InChI is InChI=1S/C15H14N4O5S/c1-25(22,23)17-8-11-6-9(4-5-16-11)14(20)18-10-2-3-12-13(7-10)24-15(21)19-12/h2-7,17H,8H2,1H3,(H,18,20)(H,19,21). The van der Waals surface area contributed by atoms with Gasteiger partial charge in [-0.15, -0.1) is 0 Å². The number of carbonyl (C=O) groups is 1. The molecule has 0 aliphatic rings. The third kappa shape index (κ3) is 4.31. The summed E-state index contributed by atoms with van der Waals surface area (Å²) in [5.74, 6) is -0.976. The molecule has 0 aliphatic heterocycles. The van der Waals surface area contributed by atoms with E-state index in [9.17, 15) is 18.0 Å². The number of nitrogens with zero attached hydrogens (tertiary/aromatic N) is 1. The normalized spacial score (nSPS) is 11.6.